The van der Waals surface area contributed by atoms with Crippen LogP contribution in [0, 0.1) is 20.8 Å². The van der Waals surface area contributed by atoms with Crippen molar-refractivity contribution in [1.82, 2.24) is 10.2 Å². The molecule has 0 spiro atoms. The van der Waals surface area contributed by atoms with Crippen molar-refractivity contribution in [3.8, 4) is 5.75 Å². The monoisotopic (exact) mass is 492 g/mol. The number of rotatable bonds is 11. The quantitative estimate of drug-likeness (QED) is 0.390. The van der Waals surface area contributed by atoms with Crippen LogP contribution in [0.3, 0.4) is 0 Å². The molecule has 5 nitrogen and oxygen atoms in total. The second-order valence-electron chi connectivity index (χ2n) is 8.28. The lowest BCUT2D eigenvalue weighted by atomic mass is 10.1. The fourth-order valence-electron chi connectivity index (χ4n) is 3.65. The first kappa shape index (κ1) is 27.0. The molecule has 0 saturated carbocycles. The number of carbonyl (C=O) groups excluding carboxylic acids is 2. The largest absolute Gasteiger partial charge is 0.483 e. The fourth-order valence-corrected chi connectivity index (χ4v) is 4.17. The molecular formula is C26H34Cl2N2O3. The zero-order valence-electron chi connectivity index (χ0n) is 20.1. The SMILES string of the molecule is CCCCNC(=O)[C@H](CC)N(Cc1c(Cl)cccc1Cl)C(=O)COc1cc(C)cc(C)c1C. The van der Waals surface area contributed by atoms with E-state index in [0.717, 1.165) is 29.5 Å². The Balaban J connectivity index is 2.30. The van der Waals surface area contributed by atoms with E-state index in [1.165, 1.54) is 4.90 Å². The minimum absolute atomic E-state index is 0.117. The highest BCUT2D eigenvalue weighted by Crippen LogP contribution is 2.28. The number of hydrogen-bond donors (Lipinski definition) is 1. The van der Waals surface area contributed by atoms with Crippen molar-refractivity contribution in [3.63, 3.8) is 0 Å². The molecule has 0 bridgehead atoms. The Morgan fingerprint density at radius 3 is 2.36 bits per heavy atom. The number of carbonyl (C=O) groups is 2. The predicted molar refractivity (Wildman–Crippen MR) is 135 cm³/mol. The summed E-state index contributed by atoms with van der Waals surface area (Å²) < 4.78 is 5.92. The molecule has 0 aliphatic heterocycles. The summed E-state index contributed by atoms with van der Waals surface area (Å²) in [6.45, 7) is 10.4. The van der Waals surface area contributed by atoms with Crippen molar-refractivity contribution in [1.29, 1.82) is 0 Å². The molecule has 0 unspecified atom stereocenters. The molecule has 0 saturated heterocycles. The molecule has 7 heteroatoms. The van der Waals surface area contributed by atoms with Crippen LogP contribution in [0.4, 0.5) is 0 Å². The van der Waals surface area contributed by atoms with E-state index in [9.17, 15) is 9.59 Å². The van der Waals surface area contributed by atoms with Crippen LogP contribution in [0.5, 0.6) is 5.75 Å². The lowest BCUT2D eigenvalue weighted by molar-refractivity contribution is -0.143. The van der Waals surface area contributed by atoms with Crippen LogP contribution >= 0.6 is 23.2 Å². The second-order valence-corrected chi connectivity index (χ2v) is 9.10. The molecule has 33 heavy (non-hydrogen) atoms. The Bertz CT molecular complexity index is 958. The topological polar surface area (TPSA) is 58.6 Å². The summed E-state index contributed by atoms with van der Waals surface area (Å²) >= 11 is 12.8. The van der Waals surface area contributed by atoms with Gasteiger partial charge in [-0.15, -0.1) is 0 Å². The average Bonchev–Trinajstić information content (AvgIpc) is 2.77. The number of unbranched alkanes of at least 4 members (excludes halogenated alkanes) is 1. The van der Waals surface area contributed by atoms with Crippen LogP contribution in [0.15, 0.2) is 30.3 Å². The summed E-state index contributed by atoms with van der Waals surface area (Å²) in [5.74, 6) is 0.170. The van der Waals surface area contributed by atoms with Gasteiger partial charge in [0.1, 0.15) is 11.8 Å². The van der Waals surface area contributed by atoms with Crippen molar-refractivity contribution >= 4 is 35.0 Å². The summed E-state index contributed by atoms with van der Waals surface area (Å²) in [6.07, 6.45) is 2.30. The highest BCUT2D eigenvalue weighted by atomic mass is 35.5. The molecule has 0 aliphatic rings. The van der Waals surface area contributed by atoms with Crippen LogP contribution in [0.25, 0.3) is 0 Å². The van der Waals surface area contributed by atoms with Crippen molar-refractivity contribution in [3.05, 3.63) is 62.6 Å². The number of aryl methyl sites for hydroxylation is 2. The maximum Gasteiger partial charge on any atom is 0.261 e. The van der Waals surface area contributed by atoms with E-state index in [1.807, 2.05) is 33.8 Å². The second kappa shape index (κ2) is 12.9. The molecular weight excluding hydrogens is 459 g/mol. The number of benzene rings is 2. The molecule has 0 aliphatic carbocycles. The third-order valence-electron chi connectivity index (χ3n) is 5.72. The van der Waals surface area contributed by atoms with Crippen molar-refractivity contribution in [2.24, 2.45) is 0 Å². The van der Waals surface area contributed by atoms with E-state index in [2.05, 4.69) is 18.3 Å². The molecule has 2 aromatic carbocycles. The minimum Gasteiger partial charge on any atom is -0.483 e. The Kier molecular flexibility index (Phi) is 10.5. The maximum atomic E-state index is 13.4. The number of halogens is 2. The van der Waals surface area contributed by atoms with Gasteiger partial charge in [0.05, 0.1) is 0 Å². The van der Waals surface area contributed by atoms with Gasteiger partial charge in [0, 0.05) is 28.7 Å². The van der Waals surface area contributed by atoms with Crippen molar-refractivity contribution in [2.75, 3.05) is 13.2 Å². The smallest absolute Gasteiger partial charge is 0.261 e. The molecule has 2 amide bonds. The first-order valence-corrected chi connectivity index (χ1v) is 12.2. The first-order chi connectivity index (χ1) is 15.7. The zero-order valence-corrected chi connectivity index (χ0v) is 21.6. The molecule has 0 radical (unpaired) electrons. The predicted octanol–water partition coefficient (Wildman–Crippen LogP) is 6.02. The third kappa shape index (κ3) is 7.38. The van der Waals surface area contributed by atoms with Gasteiger partial charge in [0.15, 0.2) is 6.61 Å². The van der Waals surface area contributed by atoms with E-state index in [0.29, 0.717) is 34.3 Å². The van der Waals surface area contributed by atoms with Gasteiger partial charge in [-0.25, -0.2) is 0 Å². The highest BCUT2D eigenvalue weighted by molar-refractivity contribution is 6.36. The van der Waals surface area contributed by atoms with Gasteiger partial charge >= 0.3 is 0 Å². The van der Waals surface area contributed by atoms with Crippen molar-refractivity contribution < 1.29 is 14.3 Å². The molecule has 1 atom stereocenters. The minimum atomic E-state index is -0.661. The van der Waals surface area contributed by atoms with E-state index in [-0.39, 0.29) is 25.0 Å². The number of nitrogens with zero attached hydrogens (tertiary/aromatic N) is 1. The van der Waals surface area contributed by atoms with Crippen molar-refractivity contribution in [2.45, 2.75) is 66.5 Å². The van der Waals surface area contributed by atoms with Gasteiger partial charge in [-0.2, -0.15) is 0 Å². The Morgan fingerprint density at radius 1 is 1.09 bits per heavy atom. The summed E-state index contributed by atoms with van der Waals surface area (Å²) in [6, 6.07) is 8.53. The van der Waals surface area contributed by atoms with Crippen LogP contribution in [0.1, 0.15) is 55.4 Å². The normalized spacial score (nSPS) is 11.7. The van der Waals surface area contributed by atoms with E-state index in [1.54, 1.807) is 18.2 Å². The summed E-state index contributed by atoms with van der Waals surface area (Å²) in [4.78, 5) is 27.9. The molecule has 0 fully saturated rings. The number of nitrogens with one attached hydrogen (secondary N) is 1. The Morgan fingerprint density at radius 2 is 1.76 bits per heavy atom. The Hall–Kier alpha value is -2.24. The van der Waals surface area contributed by atoms with Gasteiger partial charge in [0.25, 0.3) is 5.91 Å². The van der Waals surface area contributed by atoms with Gasteiger partial charge in [0.2, 0.25) is 5.91 Å². The first-order valence-electron chi connectivity index (χ1n) is 11.4. The van der Waals surface area contributed by atoms with E-state index in [4.69, 9.17) is 27.9 Å². The van der Waals surface area contributed by atoms with E-state index >= 15 is 0 Å². The fraction of sp³-hybridized carbons (Fsp3) is 0.462. The maximum absolute atomic E-state index is 13.4. The molecule has 2 aromatic rings. The Labute approximate surface area is 207 Å². The van der Waals surface area contributed by atoms with Crippen LogP contribution < -0.4 is 10.1 Å². The standard InChI is InChI=1S/C26H34Cl2N2O3/c1-6-8-12-29-26(32)23(7-2)30(15-20-21(27)10-9-11-22(20)28)25(31)16-33-24-14-17(3)13-18(4)19(24)5/h9-11,13-14,23H,6-8,12,15-16H2,1-5H3,(H,29,32)/t23-/m0/s1. The van der Waals surface area contributed by atoms with Gasteiger partial charge in [-0.05, 0) is 68.5 Å². The number of amides is 2. The third-order valence-corrected chi connectivity index (χ3v) is 6.43. The molecule has 180 valence electrons. The van der Waals surface area contributed by atoms with Crippen LogP contribution in [0.2, 0.25) is 10.0 Å². The van der Waals surface area contributed by atoms with Gasteiger partial charge < -0.3 is 15.0 Å². The number of ether oxygens (including phenoxy) is 1. The van der Waals surface area contributed by atoms with E-state index < -0.39 is 6.04 Å². The average molecular weight is 493 g/mol. The molecule has 0 heterocycles. The summed E-state index contributed by atoms with van der Waals surface area (Å²) in [5, 5.41) is 3.85. The number of hydrogen-bond acceptors (Lipinski definition) is 3. The molecule has 2 rings (SSSR count). The lowest BCUT2D eigenvalue weighted by Gasteiger charge is -2.31. The molecule has 1 N–H and O–H groups in total. The summed E-state index contributed by atoms with van der Waals surface area (Å²) in [5.41, 5.74) is 3.75. The molecule has 0 aromatic heterocycles. The zero-order chi connectivity index (χ0) is 24.5. The van der Waals surface area contributed by atoms with Gasteiger partial charge in [-0.1, -0.05) is 55.6 Å². The summed E-state index contributed by atoms with van der Waals surface area (Å²) in [7, 11) is 0. The highest BCUT2D eigenvalue weighted by Gasteiger charge is 2.30. The van der Waals surface area contributed by atoms with Crippen LogP contribution in [-0.2, 0) is 16.1 Å². The van der Waals surface area contributed by atoms with Crippen LogP contribution in [-0.4, -0.2) is 35.9 Å². The lowest BCUT2D eigenvalue weighted by Crippen LogP contribution is -2.50. The van der Waals surface area contributed by atoms with Gasteiger partial charge in [-0.3, -0.25) is 9.59 Å².